The Balaban J connectivity index is 1.08. The molecule has 57 heavy (non-hydrogen) atoms. The van der Waals surface area contributed by atoms with Crippen LogP contribution >= 0.6 is 0 Å². The second kappa shape index (κ2) is 12.3. The summed E-state index contributed by atoms with van der Waals surface area (Å²) in [4.78, 5) is 15.4. The molecule has 0 unspecified atom stereocenters. The number of nitrogens with zero attached hydrogens (tertiary/aromatic N) is 5. The van der Waals surface area contributed by atoms with Gasteiger partial charge in [-0.25, -0.2) is 15.0 Å². The number of benzene rings is 8. The van der Waals surface area contributed by atoms with Crippen LogP contribution in [0.1, 0.15) is 0 Å². The van der Waals surface area contributed by atoms with Crippen molar-refractivity contribution in [2.45, 2.75) is 0 Å². The van der Waals surface area contributed by atoms with Crippen molar-refractivity contribution in [1.29, 1.82) is 0 Å². The SMILES string of the molecule is c1ccc(-c2nc(-c3cccc(-n4c5ccccc5c5cc6c(cc54)c4ccccc4n6-c4ccccc4)c3)nc(-c3cccc4c3oc3ccccc34)n2)cc1. The highest BCUT2D eigenvalue weighted by molar-refractivity contribution is 6.19. The third-order valence-electron chi connectivity index (χ3n) is 11.2. The van der Waals surface area contributed by atoms with Gasteiger partial charge in [-0.1, -0.05) is 127 Å². The standard InChI is InChI=1S/C51H31N5O/c1-3-15-32(16-4-1)49-52-50(54-51(53-49)40-25-14-24-39-38-23-9-12-28-47(38)57-48(39)40)33-17-13-20-35(29-33)56-44-27-11-8-22-37(44)42-30-45-41(31-46(42)56)36-21-7-10-26-43(36)55(45)34-18-5-2-6-19-34/h1-31H. The molecule has 0 amide bonds. The first-order valence-electron chi connectivity index (χ1n) is 19.1. The van der Waals surface area contributed by atoms with E-state index in [2.05, 4.69) is 137 Å². The third kappa shape index (κ3) is 4.87. The normalized spacial score (nSPS) is 11.9. The predicted octanol–water partition coefficient (Wildman–Crippen LogP) is 13.0. The van der Waals surface area contributed by atoms with Crippen molar-refractivity contribution in [2.24, 2.45) is 0 Å². The Morgan fingerprint density at radius 3 is 1.56 bits per heavy atom. The molecule has 4 aromatic heterocycles. The Kier molecular flexibility index (Phi) is 6.83. The summed E-state index contributed by atoms with van der Waals surface area (Å²) in [7, 11) is 0. The van der Waals surface area contributed by atoms with Crippen molar-refractivity contribution in [3.8, 4) is 45.5 Å². The first-order chi connectivity index (χ1) is 28.3. The van der Waals surface area contributed by atoms with Gasteiger partial charge < -0.3 is 13.6 Å². The summed E-state index contributed by atoms with van der Waals surface area (Å²) in [6, 6.07) is 65.6. The highest BCUT2D eigenvalue weighted by atomic mass is 16.3. The minimum absolute atomic E-state index is 0.558. The lowest BCUT2D eigenvalue weighted by Crippen LogP contribution is -2.01. The van der Waals surface area contributed by atoms with Gasteiger partial charge in [0.2, 0.25) is 0 Å². The summed E-state index contributed by atoms with van der Waals surface area (Å²) < 4.78 is 11.2. The molecule has 6 heteroatoms. The van der Waals surface area contributed by atoms with Crippen LogP contribution in [0.3, 0.4) is 0 Å². The summed E-state index contributed by atoms with van der Waals surface area (Å²) in [5.41, 5.74) is 11.0. The topological polar surface area (TPSA) is 61.7 Å². The van der Waals surface area contributed by atoms with Gasteiger partial charge in [0.05, 0.1) is 27.6 Å². The quantitative estimate of drug-likeness (QED) is 0.177. The molecule has 8 aromatic carbocycles. The van der Waals surface area contributed by atoms with E-state index < -0.39 is 0 Å². The average molecular weight is 730 g/mol. The van der Waals surface area contributed by atoms with Gasteiger partial charge >= 0.3 is 0 Å². The number of fused-ring (bicyclic) bond motifs is 9. The van der Waals surface area contributed by atoms with E-state index in [-0.39, 0.29) is 0 Å². The van der Waals surface area contributed by atoms with Gasteiger partial charge in [-0.2, -0.15) is 0 Å². The monoisotopic (exact) mass is 729 g/mol. The minimum atomic E-state index is 0.558. The second-order valence-corrected chi connectivity index (χ2v) is 14.4. The van der Waals surface area contributed by atoms with Gasteiger partial charge in [-0.05, 0) is 60.7 Å². The Morgan fingerprint density at radius 1 is 0.333 bits per heavy atom. The van der Waals surface area contributed by atoms with Crippen molar-refractivity contribution < 1.29 is 4.42 Å². The van der Waals surface area contributed by atoms with Gasteiger partial charge in [0.25, 0.3) is 0 Å². The fourth-order valence-electron chi connectivity index (χ4n) is 8.61. The van der Waals surface area contributed by atoms with Gasteiger partial charge in [0, 0.05) is 54.8 Å². The fourth-order valence-corrected chi connectivity index (χ4v) is 8.61. The van der Waals surface area contributed by atoms with Gasteiger partial charge in [-0.15, -0.1) is 0 Å². The summed E-state index contributed by atoms with van der Waals surface area (Å²) >= 11 is 0. The van der Waals surface area contributed by atoms with Crippen LogP contribution in [-0.2, 0) is 0 Å². The maximum atomic E-state index is 6.46. The predicted molar refractivity (Wildman–Crippen MR) is 232 cm³/mol. The summed E-state index contributed by atoms with van der Waals surface area (Å²) in [5.74, 6) is 1.74. The van der Waals surface area contributed by atoms with Crippen molar-refractivity contribution in [1.82, 2.24) is 24.1 Å². The Morgan fingerprint density at radius 2 is 0.842 bits per heavy atom. The molecule has 12 aromatic rings. The minimum Gasteiger partial charge on any atom is -0.455 e. The van der Waals surface area contributed by atoms with E-state index in [0.29, 0.717) is 17.5 Å². The molecule has 0 atom stereocenters. The van der Waals surface area contributed by atoms with Crippen molar-refractivity contribution in [3.05, 3.63) is 188 Å². The largest absolute Gasteiger partial charge is 0.455 e. The van der Waals surface area contributed by atoms with Crippen LogP contribution in [0.25, 0.3) is 111 Å². The van der Waals surface area contributed by atoms with Crippen LogP contribution in [-0.4, -0.2) is 24.1 Å². The molecule has 4 heterocycles. The number of rotatable bonds is 5. The third-order valence-corrected chi connectivity index (χ3v) is 11.2. The molecule has 0 fully saturated rings. The molecule has 0 N–H and O–H groups in total. The lowest BCUT2D eigenvalue weighted by Gasteiger charge is -2.12. The van der Waals surface area contributed by atoms with Crippen LogP contribution in [0.2, 0.25) is 0 Å². The summed E-state index contributed by atoms with van der Waals surface area (Å²) in [6.45, 7) is 0. The van der Waals surface area contributed by atoms with Crippen molar-refractivity contribution in [2.75, 3.05) is 0 Å². The second-order valence-electron chi connectivity index (χ2n) is 14.4. The maximum absolute atomic E-state index is 6.46. The molecule has 0 aliphatic rings. The lowest BCUT2D eigenvalue weighted by atomic mass is 10.1. The highest BCUT2D eigenvalue weighted by Crippen LogP contribution is 2.40. The highest BCUT2D eigenvalue weighted by Gasteiger charge is 2.21. The fraction of sp³-hybridized carbons (Fsp3) is 0. The van der Waals surface area contributed by atoms with E-state index in [0.717, 1.165) is 61.0 Å². The summed E-state index contributed by atoms with van der Waals surface area (Å²) in [5, 5.41) is 6.90. The van der Waals surface area contributed by atoms with Gasteiger partial charge in [-0.3, -0.25) is 0 Å². The smallest absolute Gasteiger partial charge is 0.167 e. The molecule has 0 aliphatic carbocycles. The first kappa shape index (κ1) is 31.5. The van der Waals surface area contributed by atoms with E-state index in [4.69, 9.17) is 19.4 Å². The van der Waals surface area contributed by atoms with E-state index in [1.54, 1.807) is 0 Å². The van der Waals surface area contributed by atoms with Crippen LogP contribution in [0.4, 0.5) is 0 Å². The van der Waals surface area contributed by atoms with Gasteiger partial charge in [0.15, 0.2) is 17.5 Å². The maximum Gasteiger partial charge on any atom is 0.167 e. The molecule has 0 bridgehead atoms. The molecule has 0 saturated heterocycles. The van der Waals surface area contributed by atoms with Crippen LogP contribution in [0, 0.1) is 0 Å². The van der Waals surface area contributed by atoms with E-state index >= 15 is 0 Å². The molecule has 0 radical (unpaired) electrons. The van der Waals surface area contributed by atoms with Crippen LogP contribution in [0.15, 0.2) is 192 Å². The van der Waals surface area contributed by atoms with Crippen molar-refractivity contribution in [3.63, 3.8) is 0 Å². The average Bonchev–Trinajstić information content (AvgIpc) is 3.93. The number of hydrogen-bond acceptors (Lipinski definition) is 4. The number of para-hydroxylation sites is 5. The first-order valence-corrected chi connectivity index (χ1v) is 19.1. The zero-order valence-electron chi connectivity index (χ0n) is 30.5. The van der Waals surface area contributed by atoms with E-state index in [9.17, 15) is 0 Å². The zero-order chi connectivity index (χ0) is 37.5. The van der Waals surface area contributed by atoms with E-state index in [1.165, 1.54) is 32.6 Å². The Hall–Kier alpha value is -7.83. The molecule has 0 spiro atoms. The van der Waals surface area contributed by atoms with Crippen LogP contribution < -0.4 is 0 Å². The molecule has 12 rings (SSSR count). The molecule has 0 aliphatic heterocycles. The molecular weight excluding hydrogens is 699 g/mol. The number of furan rings is 1. The zero-order valence-corrected chi connectivity index (χ0v) is 30.5. The summed E-state index contributed by atoms with van der Waals surface area (Å²) in [6.07, 6.45) is 0. The Labute approximate surface area is 326 Å². The van der Waals surface area contributed by atoms with E-state index in [1.807, 2.05) is 60.7 Å². The molecule has 6 nitrogen and oxygen atoms in total. The van der Waals surface area contributed by atoms with Gasteiger partial charge in [0.1, 0.15) is 11.2 Å². The number of hydrogen-bond donors (Lipinski definition) is 0. The van der Waals surface area contributed by atoms with Crippen LogP contribution in [0.5, 0.6) is 0 Å². The van der Waals surface area contributed by atoms with Crippen molar-refractivity contribution >= 4 is 65.6 Å². The lowest BCUT2D eigenvalue weighted by molar-refractivity contribution is 0.669. The molecular formula is C51H31N5O. The number of aromatic nitrogens is 5. The Bertz CT molecular complexity index is 3520. The molecule has 266 valence electrons. The molecule has 0 saturated carbocycles.